The summed E-state index contributed by atoms with van der Waals surface area (Å²) in [6, 6.07) is 24.5. The Kier molecular flexibility index (Phi) is 7.12. The van der Waals surface area contributed by atoms with Crippen molar-refractivity contribution in [2.45, 2.75) is 44.2 Å². The number of alkyl halides is 3. The molecule has 0 amide bonds. The third-order valence-corrected chi connectivity index (χ3v) is 7.01. The zero-order valence-corrected chi connectivity index (χ0v) is 20.3. The van der Waals surface area contributed by atoms with Crippen molar-refractivity contribution in [2.75, 3.05) is 20.1 Å². The van der Waals surface area contributed by atoms with Gasteiger partial charge in [0.2, 0.25) is 0 Å². The molecule has 0 spiro atoms. The molecule has 6 rings (SSSR count). The van der Waals surface area contributed by atoms with Crippen molar-refractivity contribution in [1.29, 1.82) is 0 Å². The first-order valence-electron chi connectivity index (χ1n) is 12.4. The maximum absolute atomic E-state index is 13.4. The molecule has 2 aliphatic carbocycles. The Hall–Kier alpha value is -3.16. The third-order valence-electron chi connectivity index (χ3n) is 7.01. The fourth-order valence-electron chi connectivity index (χ4n) is 5.03. The Morgan fingerprint density at radius 1 is 0.833 bits per heavy atom. The van der Waals surface area contributed by atoms with Crippen molar-refractivity contribution in [1.82, 2.24) is 14.5 Å². The lowest BCUT2D eigenvalue weighted by atomic mass is 10.00. The quantitative estimate of drug-likeness (QED) is 0.322. The number of ether oxygens (including phenoxy) is 1. The fourth-order valence-corrected chi connectivity index (χ4v) is 5.03. The standard InChI is InChI=1S/C19H22F3N3O.C10H8/c1-24-9-7-14(8-10-24)26-17-15-5-3-2-4-13(15)6-11-25-16(19(20,21)22)12-23-18(17)25;1-2-5-9-7-4-8-10(9)6-3-1/h2-5,12,14,17H,6-11H2,1H3;1-8H. The summed E-state index contributed by atoms with van der Waals surface area (Å²) in [5.41, 5.74) is 3.89. The van der Waals surface area contributed by atoms with Gasteiger partial charge in [-0.3, -0.25) is 0 Å². The van der Waals surface area contributed by atoms with Crippen molar-refractivity contribution in [2.24, 2.45) is 0 Å². The smallest absolute Gasteiger partial charge is 0.362 e. The zero-order chi connectivity index (χ0) is 25.1. The van der Waals surface area contributed by atoms with Crippen LogP contribution in [0.2, 0.25) is 0 Å². The van der Waals surface area contributed by atoms with Crippen LogP contribution >= 0.6 is 0 Å². The van der Waals surface area contributed by atoms with Gasteiger partial charge in [-0.1, -0.05) is 72.8 Å². The van der Waals surface area contributed by atoms with Gasteiger partial charge in [0.1, 0.15) is 17.6 Å². The van der Waals surface area contributed by atoms with Crippen molar-refractivity contribution >= 4 is 0 Å². The van der Waals surface area contributed by atoms with Crippen LogP contribution in [0.25, 0.3) is 11.1 Å². The topological polar surface area (TPSA) is 30.3 Å². The summed E-state index contributed by atoms with van der Waals surface area (Å²) in [7, 11) is 2.07. The molecule has 0 N–H and O–H groups in total. The van der Waals surface area contributed by atoms with Crippen molar-refractivity contribution in [3.8, 4) is 11.1 Å². The first kappa shape index (κ1) is 24.5. The van der Waals surface area contributed by atoms with Gasteiger partial charge in [-0.05, 0) is 48.6 Å². The third kappa shape index (κ3) is 5.32. The summed E-state index contributed by atoms with van der Waals surface area (Å²) in [6.07, 6.45) is -1.71. The number of hydrogen-bond acceptors (Lipinski definition) is 3. The van der Waals surface area contributed by atoms with E-state index in [0.717, 1.165) is 43.3 Å². The molecule has 4 nitrogen and oxygen atoms in total. The first-order chi connectivity index (χ1) is 17.4. The lowest BCUT2D eigenvalue weighted by molar-refractivity contribution is -0.143. The number of aryl methyl sites for hydroxylation is 1. The number of rotatable bonds is 2. The molecule has 1 atom stereocenters. The van der Waals surface area contributed by atoms with Crippen LogP contribution in [0.4, 0.5) is 13.2 Å². The Bertz CT molecular complexity index is 1230. The highest BCUT2D eigenvalue weighted by Crippen LogP contribution is 2.38. The van der Waals surface area contributed by atoms with Crippen molar-refractivity contribution in [3.05, 3.63) is 102 Å². The van der Waals surface area contributed by atoms with Crippen molar-refractivity contribution < 1.29 is 17.9 Å². The SMILES string of the molecule is CN1CCC(OC2c3ccccc3CCn3c(C(F)(F)F)cnc32)CC1.c1ccc2cccc-2cc1. The summed E-state index contributed by atoms with van der Waals surface area (Å²) in [6.45, 7) is 2.12. The van der Waals surface area contributed by atoms with Gasteiger partial charge >= 0.3 is 6.18 Å². The van der Waals surface area contributed by atoms with E-state index in [4.69, 9.17) is 4.74 Å². The second-order valence-electron chi connectivity index (χ2n) is 9.47. The number of imidazole rings is 1. The molecule has 1 saturated heterocycles. The number of hydrogen-bond donors (Lipinski definition) is 0. The number of fused-ring (bicyclic) bond motifs is 3. The van der Waals surface area contributed by atoms with Gasteiger partial charge in [0, 0.05) is 19.6 Å². The summed E-state index contributed by atoms with van der Waals surface area (Å²) in [5, 5.41) is 0. The molecule has 0 bridgehead atoms. The van der Waals surface area contributed by atoms with Gasteiger partial charge in [-0.2, -0.15) is 13.2 Å². The van der Waals surface area contributed by atoms with E-state index in [1.807, 2.05) is 30.3 Å². The van der Waals surface area contributed by atoms with Crippen molar-refractivity contribution in [3.63, 3.8) is 0 Å². The minimum Gasteiger partial charge on any atom is -0.362 e. The van der Waals surface area contributed by atoms with Gasteiger partial charge in [0.15, 0.2) is 0 Å². The Morgan fingerprint density at radius 3 is 2.17 bits per heavy atom. The van der Waals surface area contributed by atoms with E-state index >= 15 is 0 Å². The van der Waals surface area contributed by atoms with Gasteiger partial charge < -0.3 is 14.2 Å². The van der Waals surface area contributed by atoms with Crippen LogP contribution in [0.5, 0.6) is 0 Å². The number of halogens is 3. The predicted octanol–water partition coefficient (Wildman–Crippen LogP) is 6.45. The lowest BCUT2D eigenvalue weighted by Gasteiger charge is -2.32. The molecule has 1 fully saturated rings. The van der Waals surface area contributed by atoms with Gasteiger partial charge in [0.05, 0.1) is 12.3 Å². The molecule has 1 aromatic carbocycles. The van der Waals surface area contributed by atoms with Crippen LogP contribution < -0.4 is 0 Å². The highest BCUT2D eigenvalue weighted by atomic mass is 19.4. The Morgan fingerprint density at radius 2 is 1.47 bits per heavy atom. The van der Waals surface area contributed by atoms with Gasteiger partial charge in [-0.15, -0.1) is 0 Å². The molecule has 0 radical (unpaired) electrons. The van der Waals surface area contributed by atoms with E-state index in [2.05, 4.69) is 59.4 Å². The van der Waals surface area contributed by atoms with E-state index in [0.29, 0.717) is 12.2 Å². The van der Waals surface area contributed by atoms with Crippen LogP contribution in [-0.2, 0) is 23.9 Å². The molecule has 7 heteroatoms. The molecule has 2 aromatic rings. The van der Waals surface area contributed by atoms with E-state index in [1.165, 1.54) is 15.7 Å². The molecule has 188 valence electrons. The number of nitrogens with zero attached hydrogens (tertiary/aromatic N) is 3. The molecule has 2 aliphatic heterocycles. The second-order valence-corrected chi connectivity index (χ2v) is 9.47. The lowest BCUT2D eigenvalue weighted by Crippen LogP contribution is -2.35. The summed E-state index contributed by atoms with van der Waals surface area (Å²) in [5.74, 6) is 0.362. The average Bonchev–Trinajstić information content (AvgIpc) is 3.40. The predicted molar refractivity (Wildman–Crippen MR) is 134 cm³/mol. The minimum absolute atomic E-state index is 0.0295. The highest BCUT2D eigenvalue weighted by Gasteiger charge is 2.39. The minimum atomic E-state index is -4.42. The normalized spacial score (nSPS) is 18.6. The van der Waals surface area contributed by atoms with E-state index in [9.17, 15) is 13.2 Å². The van der Waals surface area contributed by atoms with Crippen LogP contribution in [0, 0.1) is 0 Å². The molecule has 36 heavy (non-hydrogen) atoms. The molecule has 3 heterocycles. The highest BCUT2D eigenvalue weighted by molar-refractivity contribution is 5.65. The second kappa shape index (κ2) is 10.4. The van der Waals surface area contributed by atoms with Crippen LogP contribution in [0.3, 0.4) is 0 Å². The molecule has 1 unspecified atom stereocenters. The largest absolute Gasteiger partial charge is 0.433 e. The number of aromatic nitrogens is 2. The summed E-state index contributed by atoms with van der Waals surface area (Å²) < 4.78 is 47.8. The van der Waals surface area contributed by atoms with Gasteiger partial charge in [0.25, 0.3) is 0 Å². The molecule has 1 aromatic heterocycles. The van der Waals surface area contributed by atoms with Crippen LogP contribution in [0.15, 0.2) is 79.0 Å². The maximum atomic E-state index is 13.4. The Labute approximate surface area is 209 Å². The van der Waals surface area contributed by atoms with E-state index in [-0.39, 0.29) is 12.6 Å². The van der Waals surface area contributed by atoms with Crippen LogP contribution in [-0.4, -0.2) is 40.7 Å². The molecule has 0 saturated carbocycles. The molecular weight excluding hydrogens is 463 g/mol. The fraction of sp³-hybridized carbons (Fsp3) is 0.345. The average molecular weight is 494 g/mol. The number of benzene rings is 1. The first-order valence-corrected chi connectivity index (χ1v) is 12.4. The molecular formula is C29H30F3N3O. The summed E-state index contributed by atoms with van der Waals surface area (Å²) in [4.78, 5) is 6.39. The number of likely N-dealkylation sites (tertiary alicyclic amines) is 1. The van der Waals surface area contributed by atoms with E-state index in [1.54, 1.807) is 0 Å². The van der Waals surface area contributed by atoms with E-state index < -0.39 is 18.0 Å². The zero-order valence-electron chi connectivity index (χ0n) is 20.3. The summed E-state index contributed by atoms with van der Waals surface area (Å²) >= 11 is 0. The van der Waals surface area contributed by atoms with Crippen LogP contribution in [0.1, 0.15) is 41.6 Å². The van der Waals surface area contributed by atoms with Gasteiger partial charge in [-0.25, -0.2) is 4.98 Å². The number of piperidine rings is 1. The Balaban J connectivity index is 0.000000222. The monoisotopic (exact) mass is 493 g/mol. The maximum Gasteiger partial charge on any atom is 0.433 e. The molecule has 4 aliphatic rings.